The van der Waals surface area contributed by atoms with Gasteiger partial charge < -0.3 is 21.5 Å². The molecule has 0 heterocycles. The summed E-state index contributed by atoms with van der Waals surface area (Å²) in [5.41, 5.74) is 5.94. The van der Waals surface area contributed by atoms with Gasteiger partial charge in [-0.25, -0.2) is 4.79 Å². The largest absolute Gasteiger partial charge is 0.480 e. The Bertz CT molecular complexity index is 456. The molecule has 146 valence electrons. The van der Waals surface area contributed by atoms with Crippen LogP contribution >= 0.6 is 0 Å². The summed E-state index contributed by atoms with van der Waals surface area (Å²) >= 11 is 0. The highest BCUT2D eigenvalue weighted by molar-refractivity contribution is 5.92. The predicted molar refractivity (Wildman–Crippen MR) is 97.8 cm³/mol. The number of carbonyl (C=O) groups excluding carboxylic acids is 2. The maximum absolute atomic E-state index is 12.6. The van der Waals surface area contributed by atoms with E-state index in [1.54, 1.807) is 6.92 Å². The minimum absolute atomic E-state index is 0.00692. The Labute approximate surface area is 151 Å². The highest BCUT2D eigenvalue weighted by atomic mass is 16.4. The van der Waals surface area contributed by atoms with Gasteiger partial charge in [0.1, 0.15) is 12.1 Å². The number of carboxylic acid groups (broad SMARTS) is 1. The van der Waals surface area contributed by atoms with Gasteiger partial charge in [-0.15, -0.1) is 0 Å². The first kappa shape index (κ1) is 23.4. The molecule has 0 aliphatic carbocycles. The van der Waals surface area contributed by atoms with E-state index in [2.05, 4.69) is 10.6 Å². The number of carboxylic acids is 1. The predicted octanol–water partition coefficient (Wildman–Crippen LogP) is 1.51. The number of nitrogens with one attached hydrogen (secondary N) is 2. The summed E-state index contributed by atoms with van der Waals surface area (Å²) in [4.78, 5) is 36.4. The monoisotopic (exact) mass is 357 g/mol. The van der Waals surface area contributed by atoms with Crippen molar-refractivity contribution in [2.75, 3.05) is 0 Å². The first-order valence-electron chi connectivity index (χ1n) is 9.19. The van der Waals surface area contributed by atoms with Gasteiger partial charge in [-0.05, 0) is 17.8 Å². The molecule has 25 heavy (non-hydrogen) atoms. The average Bonchev–Trinajstić information content (AvgIpc) is 2.60. The summed E-state index contributed by atoms with van der Waals surface area (Å²) < 4.78 is 0. The second-order valence-corrected chi connectivity index (χ2v) is 6.99. The van der Waals surface area contributed by atoms with Gasteiger partial charge in [-0.2, -0.15) is 0 Å². The molecule has 2 amide bonds. The quantitative estimate of drug-likeness (QED) is 0.446. The minimum Gasteiger partial charge on any atom is -0.480 e. The van der Waals surface area contributed by atoms with E-state index >= 15 is 0 Å². The van der Waals surface area contributed by atoms with Gasteiger partial charge in [0.05, 0.1) is 6.04 Å². The average molecular weight is 357 g/mol. The minimum atomic E-state index is -1.08. The molecule has 0 radical (unpaired) electrons. The zero-order chi connectivity index (χ0) is 19.7. The number of hydrogen-bond donors (Lipinski definition) is 4. The van der Waals surface area contributed by atoms with Crippen LogP contribution in [0, 0.1) is 17.8 Å². The van der Waals surface area contributed by atoms with Crippen LogP contribution in [0.1, 0.15) is 60.8 Å². The molecule has 0 aromatic rings. The van der Waals surface area contributed by atoms with Gasteiger partial charge in [-0.3, -0.25) is 9.59 Å². The molecule has 0 unspecified atom stereocenters. The third kappa shape index (κ3) is 7.02. The number of amides is 2. The number of carbonyl (C=O) groups is 3. The van der Waals surface area contributed by atoms with Crippen molar-refractivity contribution in [2.45, 2.75) is 78.9 Å². The van der Waals surface area contributed by atoms with Crippen LogP contribution in [0.2, 0.25) is 0 Å². The number of rotatable bonds is 11. The van der Waals surface area contributed by atoms with E-state index in [0.29, 0.717) is 12.8 Å². The van der Waals surface area contributed by atoms with Crippen molar-refractivity contribution in [3.63, 3.8) is 0 Å². The molecule has 0 aromatic carbocycles. The molecule has 7 heteroatoms. The SMILES string of the molecule is CC[C@H](C)[C@H](NC(=O)[C@@H](NC(=O)[C@H](N)[C@@H](C)CC)[C@@H](C)CC)C(=O)O. The van der Waals surface area contributed by atoms with Crippen molar-refractivity contribution in [2.24, 2.45) is 23.5 Å². The molecule has 0 saturated carbocycles. The molecule has 0 aromatic heterocycles. The van der Waals surface area contributed by atoms with Crippen molar-refractivity contribution in [3.05, 3.63) is 0 Å². The summed E-state index contributed by atoms with van der Waals surface area (Å²) in [5, 5.41) is 14.6. The van der Waals surface area contributed by atoms with Crippen LogP contribution in [0.5, 0.6) is 0 Å². The van der Waals surface area contributed by atoms with Crippen LogP contribution in [0.4, 0.5) is 0 Å². The summed E-state index contributed by atoms with van der Waals surface area (Å²) in [6.45, 7) is 11.2. The number of hydrogen-bond acceptors (Lipinski definition) is 4. The van der Waals surface area contributed by atoms with Gasteiger partial charge in [-0.1, -0.05) is 60.8 Å². The Morgan fingerprint density at radius 2 is 1.20 bits per heavy atom. The van der Waals surface area contributed by atoms with Crippen LogP contribution in [0.25, 0.3) is 0 Å². The van der Waals surface area contributed by atoms with Gasteiger partial charge in [0.25, 0.3) is 0 Å². The molecule has 0 rings (SSSR count). The van der Waals surface area contributed by atoms with E-state index in [-0.39, 0.29) is 23.7 Å². The molecule has 0 spiro atoms. The Morgan fingerprint density at radius 3 is 1.60 bits per heavy atom. The molecule has 0 fully saturated rings. The normalized spacial score (nSPS) is 18.4. The molecule has 6 atom stereocenters. The van der Waals surface area contributed by atoms with E-state index in [1.807, 2.05) is 34.6 Å². The zero-order valence-corrected chi connectivity index (χ0v) is 16.3. The Kier molecular flexibility index (Phi) is 10.4. The van der Waals surface area contributed by atoms with Crippen LogP contribution < -0.4 is 16.4 Å². The maximum atomic E-state index is 12.6. The molecule has 7 nitrogen and oxygen atoms in total. The Hall–Kier alpha value is -1.63. The van der Waals surface area contributed by atoms with Gasteiger partial charge in [0, 0.05) is 0 Å². The van der Waals surface area contributed by atoms with Gasteiger partial charge in [0.15, 0.2) is 0 Å². The summed E-state index contributed by atoms with van der Waals surface area (Å²) in [7, 11) is 0. The third-order valence-electron chi connectivity index (χ3n) is 5.13. The van der Waals surface area contributed by atoms with E-state index in [4.69, 9.17) is 5.73 Å². The fraction of sp³-hybridized carbons (Fsp3) is 0.833. The van der Waals surface area contributed by atoms with E-state index in [9.17, 15) is 19.5 Å². The summed E-state index contributed by atoms with van der Waals surface area (Å²) in [6.07, 6.45) is 2.04. The second kappa shape index (κ2) is 11.1. The highest BCUT2D eigenvalue weighted by Gasteiger charge is 2.33. The van der Waals surface area contributed by atoms with Gasteiger partial charge in [0.2, 0.25) is 11.8 Å². The lowest BCUT2D eigenvalue weighted by molar-refractivity contribution is -0.144. The molecular formula is C18H35N3O4. The highest BCUT2D eigenvalue weighted by Crippen LogP contribution is 2.13. The maximum Gasteiger partial charge on any atom is 0.326 e. The topological polar surface area (TPSA) is 122 Å². The van der Waals surface area contributed by atoms with Crippen LogP contribution in [0.3, 0.4) is 0 Å². The molecule has 5 N–H and O–H groups in total. The lowest BCUT2D eigenvalue weighted by Gasteiger charge is -2.29. The van der Waals surface area contributed by atoms with Gasteiger partial charge >= 0.3 is 5.97 Å². The first-order chi connectivity index (χ1) is 11.6. The molecule has 0 aliphatic rings. The van der Waals surface area contributed by atoms with Crippen molar-refractivity contribution < 1.29 is 19.5 Å². The van der Waals surface area contributed by atoms with E-state index in [1.165, 1.54) is 0 Å². The Morgan fingerprint density at radius 1 is 0.800 bits per heavy atom. The molecular weight excluding hydrogens is 322 g/mol. The summed E-state index contributed by atoms with van der Waals surface area (Å²) in [6, 6.07) is -2.49. The van der Waals surface area contributed by atoms with Crippen molar-refractivity contribution in [1.29, 1.82) is 0 Å². The lowest BCUT2D eigenvalue weighted by Crippen LogP contribution is -2.58. The van der Waals surface area contributed by atoms with Crippen molar-refractivity contribution in [1.82, 2.24) is 10.6 Å². The second-order valence-electron chi connectivity index (χ2n) is 6.99. The fourth-order valence-corrected chi connectivity index (χ4v) is 2.39. The third-order valence-corrected chi connectivity index (χ3v) is 5.13. The van der Waals surface area contributed by atoms with Crippen LogP contribution in [-0.2, 0) is 14.4 Å². The number of nitrogens with two attached hydrogens (primary N) is 1. The number of aliphatic carboxylic acids is 1. The summed E-state index contributed by atoms with van der Waals surface area (Å²) in [5.74, 6) is -2.30. The van der Waals surface area contributed by atoms with Crippen molar-refractivity contribution in [3.8, 4) is 0 Å². The lowest BCUT2D eigenvalue weighted by atomic mass is 9.94. The molecule has 0 saturated heterocycles. The standard InChI is InChI=1S/C18H35N3O4/c1-7-10(4)13(19)16(22)20-14(11(5)8-2)17(23)21-15(18(24)25)12(6)9-3/h10-15H,7-9,19H2,1-6H3,(H,20,22)(H,21,23)(H,24,25)/t10-,11-,12-,13+,14-,15-/m0/s1. The van der Waals surface area contributed by atoms with Crippen molar-refractivity contribution >= 4 is 17.8 Å². The van der Waals surface area contributed by atoms with Crippen LogP contribution in [0.15, 0.2) is 0 Å². The molecule has 0 aliphatic heterocycles. The Balaban J connectivity index is 5.23. The zero-order valence-electron chi connectivity index (χ0n) is 16.3. The first-order valence-corrected chi connectivity index (χ1v) is 9.19. The fourth-order valence-electron chi connectivity index (χ4n) is 2.39. The van der Waals surface area contributed by atoms with E-state index in [0.717, 1.165) is 6.42 Å². The van der Waals surface area contributed by atoms with E-state index < -0.39 is 30.0 Å². The smallest absolute Gasteiger partial charge is 0.326 e. The molecule has 0 bridgehead atoms. The van der Waals surface area contributed by atoms with Crippen LogP contribution in [-0.4, -0.2) is 41.0 Å².